The lowest BCUT2D eigenvalue weighted by Gasteiger charge is -2.04. The van der Waals surface area contributed by atoms with Crippen molar-refractivity contribution in [1.29, 1.82) is 0 Å². The van der Waals surface area contributed by atoms with E-state index in [9.17, 15) is 4.79 Å². The Morgan fingerprint density at radius 2 is 2.21 bits per heavy atom. The monoisotopic (exact) mass is 189 g/mol. The highest BCUT2D eigenvalue weighted by atomic mass is 16.1. The summed E-state index contributed by atoms with van der Waals surface area (Å²) in [4.78, 5) is 11.4. The standard InChI is InChI=1S/C12H15NO/c1-3-5-6-9-13-10-11(4-2)7-8-12(13)14/h2,7-8,10H,3,5-6,9H2,1H3. The molecule has 1 aromatic heterocycles. The van der Waals surface area contributed by atoms with Gasteiger partial charge in [-0.05, 0) is 12.5 Å². The molecule has 0 spiro atoms. The maximum absolute atomic E-state index is 11.4. The molecule has 1 rings (SSSR count). The molecule has 2 nitrogen and oxygen atoms in total. The number of hydrogen-bond donors (Lipinski definition) is 0. The summed E-state index contributed by atoms with van der Waals surface area (Å²) in [6, 6.07) is 3.21. The summed E-state index contributed by atoms with van der Waals surface area (Å²) in [6.07, 6.45) is 10.3. The summed E-state index contributed by atoms with van der Waals surface area (Å²) >= 11 is 0. The quantitative estimate of drug-likeness (QED) is 0.524. The molecule has 0 radical (unpaired) electrons. The maximum atomic E-state index is 11.4. The van der Waals surface area contributed by atoms with Crippen molar-refractivity contribution in [3.63, 3.8) is 0 Å². The van der Waals surface area contributed by atoms with Gasteiger partial charge in [0.25, 0.3) is 5.56 Å². The predicted molar refractivity (Wildman–Crippen MR) is 58.2 cm³/mol. The van der Waals surface area contributed by atoms with E-state index in [0.717, 1.165) is 31.4 Å². The van der Waals surface area contributed by atoms with E-state index in [1.807, 2.05) is 0 Å². The van der Waals surface area contributed by atoms with Crippen LogP contribution in [-0.4, -0.2) is 4.57 Å². The SMILES string of the molecule is C#Cc1ccc(=O)n(CCCCC)c1. The number of hydrogen-bond acceptors (Lipinski definition) is 1. The molecule has 0 unspecified atom stereocenters. The fraction of sp³-hybridized carbons (Fsp3) is 0.417. The van der Waals surface area contributed by atoms with Crippen molar-refractivity contribution >= 4 is 0 Å². The average molecular weight is 189 g/mol. The summed E-state index contributed by atoms with van der Waals surface area (Å²) < 4.78 is 1.69. The lowest BCUT2D eigenvalue weighted by Crippen LogP contribution is -2.18. The van der Waals surface area contributed by atoms with E-state index in [-0.39, 0.29) is 5.56 Å². The van der Waals surface area contributed by atoms with Gasteiger partial charge >= 0.3 is 0 Å². The van der Waals surface area contributed by atoms with Gasteiger partial charge in [0.05, 0.1) is 0 Å². The Hall–Kier alpha value is -1.49. The van der Waals surface area contributed by atoms with E-state index in [0.29, 0.717) is 0 Å². The third-order valence-electron chi connectivity index (χ3n) is 2.15. The highest BCUT2D eigenvalue weighted by Crippen LogP contribution is 1.98. The normalized spacial score (nSPS) is 9.71. The topological polar surface area (TPSA) is 22.0 Å². The van der Waals surface area contributed by atoms with Gasteiger partial charge in [-0.3, -0.25) is 4.79 Å². The molecule has 0 saturated heterocycles. The van der Waals surface area contributed by atoms with Gasteiger partial charge in [-0.15, -0.1) is 6.42 Å². The molecule has 0 aliphatic carbocycles. The summed E-state index contributed by atoms with van der Waals surface area (Å²) in [5.74, 6) is 2.53. The second-order valence-corrected chi connectivity index (χ2v) is 3.30. The minimum atomic E-state index is 0.0279. The molecule has 0 aliphatic heterocycles. The minimum Gasteiger partial charge on any atom is -0.314 e. The van der Waals surface area contributed by atoms with Crippen molar-refractivity contribution in [2.45, 2.75) is 32.7 Å². The number of nitrogens with zero attached hydrogens (tertiary/aromatic N) is 1. The van der Waals surface area contributed by atoms with Gasteiger partial charge in [-0.1, -0.05) is 25.7 Å². The van der Waals surface area contributed by atoms with Crippen LogP contribution in [0.15, 0.2) is 23.1 Å². The van der Waals surface area contributed by atoms with Crippen LogP contribution in [0.2, 0.25) is 0 Å². The molecule has 0 aliphatic rings. The molecular formula is C12H15NO. The molecule has 0 fully saturated rings. The number of pyridine rings is 1. The molecule has 0 amide bonds. The fourth-order valence-corrected chi connectivity index (χ4v) is 1.32. The number of terminal acetylenes is 1. The van der Waals surface area contributed by atoms with Crippen molar-refractivity contribution in [2.75, 3.05) is 0 Å². The van der Waals surface area contributed by atoms with Crippen molar-refractivity contribution in [3.8, 4) is 12.3 Å². The van der Waals surface area contributed by atoms with Crippen molar-refractivity contribution in [3.05, 3.63) is 34.2 Å². The molecule has 1 heterocycles. The van der Waals surface area contributed by atoms with Crippen LogP contribution in [0.4, 0.5) is 0 Å². The second-order valence-electron chi connectivity index (χ2n) is 3.30. The van der Waals surface area contributed by atoms with Gasteiger partial charge in [-0.2, -0.15) is 0 Å². The molecule has 14 heavy (non-hydrogen) atoms. The van der Waals surface area contributed by atoms with Crippen LogP contribution >= 0.6 is 0 Å². The van der Waals surface area contributed by atoms with E-state index < -0.39 is 0 Å². The molecule has 74 valence electrons. The first-order valence-corrected chi connectivity index (χ1v) is 4.95. The molecule has 0 saturated carbocycles. The number of rotatable bonds is 4. The molecule has 0 atom stereocenters. The van der Waals surface area contributed by atoms with Crippen molar-refractivity contribution in [1.82, 2.24) is 4.57 Å². The molecule has 0 aromatic carbocycles. The third kappa shape index (κ3) is 2.77. The van der Waals surface area contributed by atoms with Crippen LogP contribution in [0.1, 0.15) is 31.7 Å². The highest BCUT2D eigenvalue weighted by Gasteiger charge is 1.96. The lowest BCUT2D eigenvalue weighted by atomic mass is 10.2. The van der Waals surface area contributed by atoms with Crippen LogP contribution in [0.3, 0.4) is 0 Å². The van der Waals surface area contributed by atoms with Crippen LogP contribution in [0.25, 0.3) is 0 Å². The average Bonchev–Trinajstić information content (AvgIpc) is 2.21. The van der Waals surface area contributed by atoms with E-state index in [1.54, 1.807) is 16.8 Å². The zero-order valence-corrected chi connectivity index (χ0v) is 8.49. The zero-order valence-electron chi connectivity index (χ0n) is 8.49. The lowest BCUT2D eigenvalue weighted by molar-refractivity contribution is 0.587. The maximum Gasteiger partial charge on any atom is 0.250 e. The first kappa shape index (κ1) is 10.6. The summed E-state index contributed by atoms with van der Waals surface area (Å²) in [5, 5.41) is 0. The van der Waals surface area contributed by atoms with Gasteiger partial charge in [-0.25, -0.2) is 0 Å². The Balaban J connectivity index is 2.75. The Bertz CT molecular complexity index is 384. The number of aryl methyl sites for hydroxylation is 1. The number of unbranched alkanes of at least 4 members (excludes halogenated alkanes) is 2. The van der Waals surface area contributed by atoms with Gasteiger partial charge in [0, 0.05) is 24.4 Å². The van der Waals surface area contributed by atoms with Crippen LogP contribution in [0, 0.1) is 12.3 Å². The van der Waals surface area contributed by atoms with Crippen LogP contribution in [0.5, 0.6) is 0 Å². The number of aromatic nitrogens is 1. The Labute approximate surface area is 84.6 Å². The van der Waals surface area contributed by atoms with Gasteiger partial charge in [0.15, 0.2) is 0 Å². The highest BCUT2D eigenvalue weighted by molar-refractivity contribution is 5.28. The molecule has 1 aromatic rings. The van der Waals surface area contributed by atoms with Gasteiger partial charge < -0.3 is 4.57 Å². The predicted octanol–water partition coefficient (Wildman–Crippen LogP) is 2.02. The first-order valence-electron chi connectivity index (χ1n) is 4.95. The third-order valence-corrected chi connectivity index (χ3v) is 2.15. The van der Waals surface area contributed by atoms with Gasteiger partial charge in [0.2, 0.25) is 0 Å². The summed E-state index contributed by atoms with van der Waals surface area (Å²) in [5.41, 5.74) is 0.793. The largest absolute Gasteiger partial charge is 0.314 e. The van der Waals surface area contributed by atoms with E-state index in [1.165, 1.54) is 6.07 Å². The smallest absolute Gasteiger partial charge is 0.250 e. The Morgan fingerprint density at radius 1 is 1.43 bits per heavy atom. The fourth-order valence-electron chi connectivity index (χ4n) is 1.32. The molecule has 2 heteroatoms. The Kier molecular flexibility index (Phi) is 4.00. The molecule has 0 N–H and O–H groups in total. The van der Waals surface area contributed by atoms with Crippen molar-refractivity contribution < 1.29 is 0 Å². The van der Waals surface area contributed by atoms with Crippen LogP contribution in [-0.2, 0) is 6.54 Å². The van der Waals surface area contributed by atoms with E-state index in [2.05, 4.69) is 12.8 Å². The Morgan fingerprint density at radius 3 is 2.86 bits per heavy atom. The summed E-state index contributed by atoms with van der Waals surface area (Å²) in [6.45, 7) is 2.91. The zero-order chi connectivity index (χ0) is 10.4. The molecular weight excluding hydrogens is 174 g/mol. The molecule has 0 bridgehead atoms. The van der Waals surface area contributed by atoms with Crippen LogP contribution < -0.4 is 5.56 Å². The van der Waals surface area contributed by atoms with Crippen molar-refractivity contribution in [2.24, 2.45) is 0 Å². The minimum absolute atomic E-state index is 0.0279. The second kappa shape index (κ2) is 5.29. The van der Waals surface area contributed by atoms with E-state index >= 15 is 0 Å². The van der Waals surface area contributed by atoms with Gasteiger partial charge in [0.1, 0.15) is 0 Å². The first-order chi connectivity index (χ1) is 6.77. The summed E-state index contributed by atoms with van der Waals surface area (Å²) in [7, 11) is 0. The van der Waals surface area contributed by atoms with E-state index in [4.69, 9.17) is 6.42 Å².